The third kappa shape index (κ3) is 5.89. The van der Waals surface area contributed by atoms with Crippen LogP contribution in [0, 0.1) is 0 Å². The van der Waals surface area contributed by atoms with Crippen LogP contribution < -0.4 is 4.74 Å². The Balaban J connectivity index is -0.00000120. The Morgan fingerprint density at radius 2 is 1.75 bits per heavy atom. The summed E-state index contributed by atoms with van der Waals surface area (Å²) in [6.07, 6.45) is 0. The molecule has 20 heavy (non-hydrogen) atoms. The van der Waals surface area contributed by atoms with Gasteiger partial charge < -0.3 is 12.3 Å². The summed E-state index contributed by atoms with van der Waals surface area (Å²) in [5.74, 6) is -1.51. The molecule has 106 valence electrons. The summed E-state index contributed by atoms with van der Waals surface area (Å²) < 4.78 is 9.51. The Kier molecular flexibility index (Phi) is 8.54. The van der Waals surface area contributed by atoms with Gasteiger partial charge in [0.25, 0.3) is 0 Å². The second-order valence-electron chi connectivity index (χ2n) is 3.53. The Hall–Kier alpha value is -0.464. The molecule has 0 aliphatic rings. The van der Waals surface area contributed by atoms with Gasteiger partial charge in [-0.15, -0.1) is 0 Å². The summed E-state index contributed by atoms with van der Waals surface area (Å²) in [5, 5.41) is 0.680. The Labute approximate surface area is 150 Å². The van der Waals surface area contributed by atoms with Crippen LogP contribution in [0.25, 0.3) is 0 Å². The molecule has 0 atom stereocenters. The van der Waals surface area contributed by atoms with Gasteiger partial charge in [-0.1, -0.05) is 41.4 Å². The third-order valence-corrected chi connectivity index (χ3v) is 2.89. The zero-order valence-electron chi connectivity index (χ0n) is 12.5. The molecule has 0 bridgehead atoms. The zero-order chi connectivity index (χ0) is 14.6. The maximum absolute atomic E-state index is 11.3. The van der Waals surface area contributed by atoms with Gasteiger partial charge >= 0.3 is 35.0 Å². The van der Waals surface area contributed by atoms with E-state index in [1.807, 2.05) is 0 Å². The molecule has 0 unspecified atom stereocenters. The standard InChI is InChI=1S/C12H9Cl3O4.Mg.2H/c1-6(2)12(17)19-11(16)5-18-10-4-8(14)7(13)3-9(10)15;;;/h3-4H,1,5H2,2H3;;;/q;+2;2*-1. The van der Waals surface area contributed by atoms with Crippen LogP contribution in [0.15, 0.2) is 24.3 Å². The molecule has 1 aromatic rings. The molecule has 0 saturated carbocycles. The third-order valence-electron chi connectivity index (χ3n) is 1.88. The van der Waals surface area contributed by atoms with Crippen LogP contribution in [-0.2, 0) is 14.3 Å². The summed E-state index contributed by atoms with van der Waals surface area (Å²) in [6.45, 7) is 4.27. The van der Waals surface area contributed by atoms with Crippen molar-refractivity contribution in [2.45, 2.75) is 6.92 Å². The Morgan fingerprint density at radius 1 is 1.20 bits per heavy atom. The Morgan fingerprint density at radius 3 is 2.30 bits per heavy atom. The predicted molar refractivity (Wildman–Crippen MR) is 80.9 cm³/mol. The molecular formula is C12H11Cl3MgO4. The van der Waals surface area contributed by atoms with Gasteiger partial charge in [0.05, 0.1) is 15.1 Å². The van der Waals surface area contributed by atoms with Gasteiger partial charge in [-0.05, 0) is 13.0 Å². The molecule has 1 aromatic carbocycles. The minimum atomic E-state index is -0.866. The first-order chi connectivity index (χ1) is 8.81. The molecule has 0 saturated heterocycles. The van der Waals surface area contributed by atoms with Crippen LogP contribution in [-0.4, -0.2) is 41.6 Å². The molecule has 0 aromatic heterocycles. The van der Waals surface area contributed by atoms with E-state index >= 15 is 0 Å². The molecular weight excluding hydrogens is 339 g/mol. The van der Waals surface area contributed by atoms with E-state index in [1.165, 1.54) is 19.1 Å². The number of carbonyl (C=O) groups is 2. The van der Waals surface area contributed by atoms with E-state index in [-0.39, 0.29) is 52.3 Å². The zero-order valence-corrected chi connectivity index (χ0v) is 14.2. The van der Waals surface area contributed by atoms with E-state index in [0.29, 0.717) is 0 Å². The number of carbonyl (C=O) groups excluding carboxylic acids is 2. The second-order valence-corrected chi connectivity index (χ2v) is 4.75. The molecule has 0 radical (unpaired) electrons. The largest absolute Gasteiger partial charge is 2.00 e. The van der Waals surface area contributed by atoms with Crippen molar-refractivity contribution in [1.82, 2.24) is 0 Å². The van der Waals surface area contributed by atoms with Gasteiger partial charge in [-0.3, -0.25) is 0 Å². The number of hydrogen-bond acceptors (Lipinski definition) is 4. The van der Waals surface area contributed by atoms with Crippen LogP contribution in [0.5, 0.6) is 5.75 Å². The first-order valence-corrected chi connectivity index (χ1v) is 6.12. The summed E-state index contributed by atoms with van der Waals surface area (Å²) in [5.41, 5.74) is 0.112. The summed E-state index contributed by atoms with van der Waals surface area (Å²) in [7, 11) is 0. The van der Waals surface area contributed by atoms with Gasteiger partial charge in [0, 0.05) is 11.6 Å². The second kappa shape index (κ2) is 8.74. The quantitative estimate of drug-likeness (QED) is 0.274. The number of halogens is 3. The molecule has 0 fully saturated rings. The molecule has 4 nitrogen and oxygen atoms in total. The van der Waals surface area contributed by atoms with Gasteiger partial charge in [0.2, 0.25) is 0 Å². The van der Waals surface area contributed by atoms with Crippen LogP contribution in [0.4, 0.5) is 0 Å². The van der Waals surface area contributed by atoms with Crippen molar-refractivity contribution in [1.29, 1.82) is 0 Å². The average Bonchev–Trinajstić information content (AvgIpc) is 2.32. The minimum Gasteiger partial charge on any atom is -1.00 e. The number of hydrogen-bond donors (Lipinski definition) is 0. The number of benzene rings is 1. The van der Waals surface area contributed by atoms with E-state index in [2.05, 4.69) is 11.3 Å². The molecule has 0 aliphatic carbocycles. The van der Waals surface area contributed by atoms with Crippen LogP contribution in [0.1, 0.15) is 9.78 Å². The van der Waals surface area contributed by atoms with Crippen LogP contribution in [0.2, 0.25) is 15.1 Å². The van der Waals surface area contributed by atoms with Crippen molar-refractivity contribution in [3.63, 3.8) is 0 Å². The Bertz CT molecular complexity index is 555. The first kappa shape index (κ1) is 19.5. The average molecular weight is 350 g/mol. The molecule has 0 N–H and O–H groups in total. The molecule has 0 aliphatic heterocycles. The fourth-order valence-corrected chi connectivity index (χ4v) is 1.56. The fraction of sp³-hybridized carbons (Fsp3) is 0.167. The summed E-state index contributed by atoms with van der Waals surface area (Å²) in [4.78, 5) is 22.4. The monoisotopic (exact) mass is 348 g/mol. The van der Waals surface area contributed by atoms with Gasteiger partial charge in [-0.2, -0.15) is 0 Å². The predicted octanol–water partition coefficient (Wildman–Crippen LogP) is 3.52. The van der Waals surface area contributed by atoms with Crippen molar-refractivity contribution in [3.05, 3.63) is 39.4 Å². The van der Waals surface area contributed by atoms with Crippen LogP contribution in [0.3, 0.4) is 0 Å². The van der Waals surface area contributed by atoms with Crippen molar-refractivity contribution in [2.24, 2.45) is 0 Å². The molecule has 0 heterocycles. The smallest absolute Gasteiger partial charge is 1.00 e. The van der Waals surface area contributed by atoms with E-state index in [4.69, 9.17) is 39.5 Å². The van der Waals surface area contributed by atoms with E-state index in [9.17, 15) is 9.59 Å². The normalized spacial score (nSPS) is 9.40. The van der Waals surface area contributed by atoms with E-state index in [0.717, 1.165) is 0 Å². The van der Waals surface area contributed by atoms with Gasteiger partial charge in [0.15, 0.2) is 6.61 Å². The SMILES string of the molecule is C=C(C)C(=O)OC(=O)COc1cc(Cl)c(Cl)cc1Cl.[H-].[H-].[Mg+2]. The number of rotatable bonds is 4. The fourth-order valence-electron chi connectivity index (χ4n) is 0.972. The maximum atomic E-state index is 11.3. The number of ether oxygens (including phenoxy) is 2. The van der Waals surface area contributed by atoms with Crippen molar-refractivity contribution >= 4 is 69.8 Å². The summed E-state index contributed by atoms with van der Waals surface area (Å²) in [6, 6.07) is 2.74. The first-order valence-electron chi connectivity index (χ1n) is 4.99. The topological polar surface area (TPSA) is 52.6 Å². The van der Waals surface area contributed by atoms with Crippen LogP contribution >= 0.6 is 34.8 Å². The summed E-state index contributed by atoms with van der Waals surface area (Å²) >= 11 is 17.3. The van der Waals surface area contributed by atoms with E-state index in [1.54, 1.807) is 0 Å². The van der Waals surface area contributed by atoms with Crippen molar-refractivity contribution < 1.29 is 21.9 Å². The van der Waals surface area contributed by atoms with Gasteiger partial charge in [-0.25, -0.2) is 9.59 Å². The van der Waals surface area contributed by atoms with E-state index < -0.39 is 18.5 Å². The molecule has 0 spiro atoms. The van der Waals surface area contributed by atoms with Crippen molar-refractivity contribution in [2.75, 3.05) is 6.61 Å². The molecule has 1 rings (SSSR count). The minimum absolute atomic E-state index is 0. The van der Waals surface area contributed by atoms with Crippen molar-refractivity contribution in [3.8, 4) is 5.75 Å². The maximum Gasteiger partial charge on any atom is 2.00 e. The molecule has 0 amide bonds. The molecule has 8 heteroatoms. The number of esters is 2. The van der Waals surface area contributed by atoms with Gasteiger partial charge in [0.1, 0.15) is 5.75 Å².